The van der Waals surface area contributed by atoms with Gasteiger partial charge in [0.2, 0.25) is 0 Å². The quantitative estimate of drug-likeness (QED) is 0.570. The van der Waals surface area contributed by atoms with Crippen molar-refractivity contribution in [2.75, 3.05) is 0 Å². The lowest BCUT2D eigenvalue weighted by molar-refractivity contribution is 0.0955. The lowest BCUT2D eigenvalue weighted by Gasteiger charge is -2.10. The van der Waals surface area contributed by atoms with Crippen molar-refractivity contribution in [2.24, 2.45) is 11.0 Å². The Bertz CT molecular complexity index is 520. The van der Waals surface area contributed by atoms with Crippen LogP contribution >= 0.6 is 0 Å². The molecule has 0 aromatic heterocycles. The maximum absolute atomic E-state index is 11.7. The first kappa shape index (κ1) is 13.1. The Morgan fingerprint density at radius 3 is 2.68 bits per heavy atom. The van der Waals surface area contributed by atoms with Gasteiger partial charge in [-0.25, -0.2) is 5.43 Å². The van der Waals surface area contributed by atoms with Crippen molar-refractivity contribution >= 4 is 12.1 Å². The van der Waals surface area contributed by atoms with Crippen molar-refractivity contribution in [1.82, 2.24) is 10.7 Å². The summed E-state index contributed by atoms with van der Waals surface area (Å²) in [6.45, 7) is 4.08. The van der Waals surface area contributed by atoms with Crippen molar-refractivity contribution in [1.29, 1.82) is 0 Å². The molecular formula is C14H17N3O2. The van der Waals surface area contributed by atoms with Gasteiger partial charge in [0.15, 0.2) is 0 Å². The average Bonchev–Trinajstić information content (AvgIpc) is 2.68. The van der Waals surface area contributed by atoms with Crippen LogP contribution in [-0.4, -0.2) is 23.3 Å². The third kappa shape index (κ3) is 3.34. The monoisotopic (exact) mass is 259 g/mol. The van der Waals surface area contributed by atoms with E-state index in [2.05, 4.69) is 28.8 Å². The summed E-state index contributed by atoms with van der Waals surface area (Å²) in [6, 6.07) is 6.13. The molecular weight excluding hydrogens is 242 g/mol. The highest BCUT2D eigenvalue weighted by atomic mass is 16.3. The molecule has 2 unspecified atom stereocenters. The molecule has 0 bridgehead atoms. The maximum Gasteiger partial charge on any atom is 0.271 e. The summed E-state index contributed by atoms with van der Waals surface area (Å²) in [6.07, 6.45) is 3.81. The number of carbonyl (C=O) groups is 1. The van der Waals surface area contributed by atoms with Gasteiger partial charge in [0.05, 0.1) is 6.04 Å². The number of rotatable bonds is 3. The Morgan fingerprint density at radius 1 is 1.42 bits per heavy atom. The number of carbonyl (C=O) groups excluding carboxylic acids is 1. The predicted octanol–water partition coefficient (Wildman–Crippen LogP) is 1.62. The molecule has 1 aliphatic heterocycles. The van der Waals surface area contributed by atoms with E-state index < -0.39 is 0 Å². The minimum atomic E-state index is -0.299. The zero-order valence-electron chi connectivity index (χ0n) is 10.9. The summed E-state index contributed by atoms with van der Waals surface area (Å²) in [7, 11) is 0. The molecule has 2 rings (SSSR count). The standard InChI is InChI=1S/C14H17N3O2/c1-9-7-10(2)16-13(9)8-15-17-14(19)11-3-5-12(18)6-4-11/h3-9,13,16,18H,1-2H3,(H,17,19)/b15-8+. The second-order valence-corrected chi connectivity index (χ2v) is 4.64. The van der Waals surface area contributed by atoms with Crippen LogP contribution in [-0.2, 0) is 0 Å². The third-order valence-corrected chi connectivity index (χ3v) is 3.00. The van der Waals surface area contributed by atoms with Crippen LogP contribution in [0.1, 0.15) is 24.2 Å². The summed E-state index contributed by atoms with van der Waals surface area (Å²) in [5, 5.41) is 16.3. The van der Waals surface area contributed by atoms with Crippen LogP contribution in [0.3, 0.4) is 0 Å². The number of aromatic hydroxyl groups is 1. The fourth-order valence-corrected chi connectivity index (χ4v) is 1.97. The van der Waals surface area contributed by atoms with E-state index in [9.17, 15) is 4.79 Å². The SMILES string of the molecule is CC1=CC(C)C(/C=N/NC(=O)c2ccc(O)cc2)N1. The van der Waals surface area contributed by atoms with E-state index in [1.54, 1.807) is 18.3 Å². The largest absolute Gasteiger partial charge is 0.508 e. The highest BCUT2D eigenvalue weighted by Gasteiger charge is 2.19. The number of hydrogen-bond donors (Lipinski definition) is 3. The molecule has 0 saturated heterocycles. The minimum absolute atomic E-state index is 0.111. The minimum Gasteiger partial charge on any atom is -0.508 e. The van der Waals surface area contributed by atoms with E-state index in [1.807, 2.05) is 6.92 Å². The molecule has 19 heavy (non-hydrogen) atoms. The van der Waals surface area contributed by atoms with Gasteiger partial charge in [-0.1, -0.05) is 13.0 Å². The van der Waals surface area contributed by atoms with Crippen LogP contribution in [0.25, 0.3) is 0 Å². The van der Waals surface area contributed by atoms with Gasteiger partial charge in [-0.15, -0.1) is 0 Å². The lowest BCUT2D eigenvalue weighted by atomic mass is 10.1. The molecule has 1 aromatic carbocycles. The summed E-state index contributed by atoms with van der Waals surface area (Å²) < 4.78 is 0. The summed E-state index contributed by atoms with van der Waals surface area (Å²) in [4.78, 5) is 11.7. The van der Waals surface area contributed by atoms with E-state index in [-0.39, 0.29) is 17.7 Å². The van der Waals surface area contributed by atoms with E-state index in [1.165, 1.54) is 12.1 Å². The summed E-state index contributed by atoms with van der Waals surface area (Å²) >= 11 is 0. The molecule has 0 spiro atoms. The van der Waals surface area contributed by atoms with Gasteiger partial charge in [0, 0.05) is 23.4 Å². The molecule has 1 amide bonds. The van der Waals surface area contributed by atoms with E-state index >= 15 is 0 Å². The maximum atomic E-state index is 11.7. The van der Waals surface area contributed by atoms with Gasteiger partial charge in [-0.05, 0) is 31.2 Å². The summed E-state index contributed by atoms with van der Waals surface area (Å²) in [5.74, 6) is 0.187. The molecule has 0 radical (unpaired) electrons. The Labute approximate surface area is 112 Å². The zero-order chi connectivity index (χ0) is 13.8. The second kappa shape index (κ2) is 5.56. The Balaban J connectivity index is 1.89. The van der Waals surface area contributed by atoms with Gasteiger partial charge < -0.3 is 10.4 Å². The molecule has 5 heteroatoms. The molecule has 1 aromatic rings. The molecule has 5 nitrogen and oxygen atoms in total. The van der Waals surface area contributed by atoms with Gasteiger partial charge in [-0.2, -0.15) is 5.10 Å². The van der Waals surface area contributed by atoms with Crippen LogP contribution in [0, 0.1) is 5.92 Å². The Kier molecular flexibility index (Phi) is 3.85. The molecule has 100 valence electrons. The van der Waals surface area contributed by atoms with Crippen LogP contribution in [0.5, 0.6) is 5.75 Å². The topological polar surface area (TPSA) is 73.7 Å². The Hall–Kier alpha value is -2.30. The first-order valence-corrected chi connectivity index (χ1v) is 6.14. The fourth-order valence-electron chi connectivity index (χ4n) is 1.97. The Morgan fingerprint density at radius 2 is 2.11 bits per heavy atom. The number of allylic oxidation sites excluding steroid dienone is 1. The van der Waals surface area contributed by atoms with Crippen molar-refractivity contribution in [3.8, 4) is 5.75 Å². The second-order valence-electron chi connectivity index (χ2n) is 4.64. The highest BCUT2D eigenvalue weighted by Crippen LogP contribution is 2.14. The smallest absolute Gasteiger partial charge is 0.271 e. The van der Waals surface area contributed by atoms with Gasteiger partial charge in [0.1, 0.15) is 5.75 Å². The molecule has 0 fully saturated rings. The predicted molar refractivity (Wildman–Crippen MR) is 73.9 cm³/mol. The molecule has 0 saturated carbocycles. The first-order chi connectivity index (χ1) is 9.06. The van der Waals surface area contributed by atoms with Gasteiger partial charge in [0.25, 0.3) is 5.91 Å². The zero-order valence-corrected chi connectivity index (χ0v) is 10.9. The van der Waals surface area contributed by atoms with E-state index in [0.717, 1.165) is 5.70 Å². The molecule has 0 aliphatic carbocycles. The van der Waals surface area contributed by atoms with Crippen LogP contribution in [0.4, 0.5) is 0 Å². The number of amides is 1. The van der Waals surface area contributed by atoms with Crippen molar-refractivity contribution in [2.45, 2.75) is 19.9 Å². The van der Waals surface area contributed by atoms with E-state index in [4.69, 9.17) is 5.11 Å². The number of nitrogens with zero attached hydrogens (tertiary/aromatic N) is 1. The first-order valence-electron chi connectivity index (χ1n) is 6.14. The summed E-state index contributed by atoms with van der Waals surface area (Å²) in [5.41, 5.74) is 4.04. The number of hydrazone groups is 1. The molecule has 2 atom stereocenters. The third-order valence-electron chi connectivity index (χ3n) is 3.00. The number of nitrogens with one attached hydrogen (secondary N) is 2. The number of phenols is 1. The normalized spacial score (nSPS) is 22.1. The highest BCUT2D eigenvalue weighted by molar-refractivity contribution is 5.94. The molecule has 1 aliphatic rings. The van der Waals surface area contributed by atoms with Crippen LogP contribution < -0.4 is 10.7 Å². The molecule has 3 N–H and O–H groups in total. The number of phenolic OH excluding ortho intramolecular Hbond substituents is 1. The number of benzene rings is 1. The lowest BCUT2D eigenvalue weighted by Crippen LogP contribution is -2.30. The van der Waals surface area contributed by atoms with Crippen LogP contribution in [0.2, 0.25) is 0 Å². The van der Waals surface area contributed by atoms with Crippen molar-refractivity contribution < 1.29 is 9.90 Å². The fraction of sp³-hybridized carbons (Fsp3) is 0.286. The van der Waals surface area contributed by atoms with Crippen molar-refractivity contribution in [3.63, 3.8) is 0 Å². The van der Waals surface area contributed by atoms with Crippen molar-refractivity contribution in [3.05, 3.63) is 41.6 Å². The molecule has 1 heterocycles. The van der Waals surface area contributed by atoms with Gasteiger partial charge >= 0.3 is 0 Å². The van der Waals surface area contributed by atoms with Crippen LogP contribution in [0.15, 0.2) is 41.1 Å². The van der Waals surface area contributed by atoms with E-state index in [0.29, 0.717) is 11.5 Å². The van der Waals surface area contributed by atoms with Gasteiger partial charge in [-0.3, -0.25) is 4.79 Å². The number of hydrogen-bond acceptors (Lipinski definition) is 4. The average molecular weight is 259 g/mol.